The molecule has 6 atom stereocenters. The lowest BCUT2D eigenvalue weighted by atomic mass is 10.1. The molecule has 0 bridgehead atoms. The third-order valence-electron chi connectivity index (χ3n) is 9.45. The Bertz CT molecular complexity index is 2200. The molecule has 0 radical (unpaired) electrons. The first-order valence-electron chi connectivity index (χ1n) is 17.9. The van der Waals surface area contributed by atoms with Crippen LogP contribution >= 0.6 is 0 Å². The van der Waals surface area contributed by atoms with Gasteiger partial charge in [0.05, 0.1) is 38.0 Å². The smallest absolute Gasteiger partial charge is 0.351 e. The van der Waals surface area contributed by atoms with Gasteiger partial charge in [0.25, 0.3) is 11.5 Å². The Balaban J connectivity index is 1.09. The summed E-state index contributed by atoms with van der Waals surface area (Å²) in [6.07, 6.45) is 1.75. The summed E-state index contributed by atoms with van der Waals surface area (Å²) in [6, 6.07) is 8.63. The highest BCUT2D eigenvalue weighted by molar-refractivity contribution is 6.04. The average Bonchev–Trinajstić information content (AvgIpc) is 3.91. The van der Waals surface area contributed by atoms with Crippen molar-refractivity contribution in [2.75, 3.05) is 12.4 Å². The molecular weight excluding hydrogens is 718 g/mol. The number of aromatic nitrogens is 7. The van der Waals surface area contributed by atoms with Gasteiger partial charge in [-0.05, 0) is 32.4 Å². The fourth-order valence-electron chi connectivity index (χ4n) is 6.48. The van der Waals surface area contributed by atoms with Crippen molar-refractivity contribution < 1.29 is 33.3 Å². The molecule has 5 heterocycles. The second-order valence-electron chi connectivity index (χ2n) is 13.4. The van der Waals surface area contributed by atoms with Crippen molar-refractivity contribution in [1.82, 2.24) is 39.4 Å². The molecule has 3 N–H and O–H groups in total. The highest BCUT2D eigenvalue weighted by Gasteiger charge is 2.40. The topological polar surface area (TPSA) is 233 Å². The predicted octanol–water partition coefficient (Wildman–Crippen LogP) is 1.26. The molecule has 2 fully saturated rings. The monoisotopic (exact) mass is 761 g/mol. The third kappa shape index (κ3) is 9.30. The minimum atomic E-state index is -0.854. The Morgan fingerprint density at radius 2 is 1.64 bits per heavy atom. The highest BCUT2D eigenvalue weighted by Crippen LogP contribution is 2.33. The summed E-state index contributed by atoms with van der Waals surface area (Å²) in [5.41, 5.74) is 0.0527. The highest BCUT2D eigenvalue weighted by atomic mass is 16.6. The Hall–Kier alpha value is -5.79. The maximum atomic E-state index is 13.1. The van der Waals surface area contributed by atoms with E-state index in [-0.39, 0.29) is 62.3 Å². The van der Waals surface area contributed by atoms with Crippen molar-refractivity contribution in [3.8, 4) is 0 Å². The van der Waals surface area contributed by atoms with Gasteiger partial charge < -0.3 is 29.6 Å². The number of hydrogen-bond donors (Lipinski definition) is 3. The fraction of sp³-hybridized carbons (Fsp3) is 0.472. The van der Waals surface area contributed by atoms with Crippen LogP contribution in [0.2, 0.25) is 0 Å². The molecule has 0 spiro atoms. The van der Waals surface area contributed by atoms with Gasteiger partial charge in [0.2, 0.25) is 5.91 Å². The molecule has 2 amide bonds. The maximum absolute atomic E-state index is 13.1. The number of hydrogen-bond acceptors (Lipinski definition) is 13. The van der Waals surface area contributed by atoms with E-state index in [4.69, 9.17) is 18.9 Å². The Morgan fingerprint density at radius 3 is 2.38 bits per heavy atom. The number of carbonyl (C=O) groups excluding carboxylic acids is 3. The molecule has 3 aromatic heterocycles. The van der Waals surface area contributed by atoms with Crippen LogP contribution in [0.1, 0.15) is 78.7 Å². The zero-order valence-electron chi connectivity index (χ0n) is 30.8. The number of nitrogens with zero attached hydrogens (tertiary/aromatic N) is 6. The molecule has 4 aromatic rings. The average molecular weight is 762 g/mol. The van der Waals surface area contributed by atoms with E-state index in [1.165, 1.54) is 27.1 Å². The van der Waals surface area contributed by atoms with Crippen LogP contribution in [0.5, 0.6) is 0 Å². The van der Waals surface area contributed by atoms with Crippen molar-refractivity contribution in [1.29, 1.82) is 0 Å². The van der Waals surface area contributed by atoms with Crippen molar-refractivity contribution >= 4 is 23.6 Å². The number of amides is 2. The SMILES string of the molecule is CC[C@H]1O[C@@H](n2cc(C)c(NC(=O)c3ccccc3)nc2=O)CC1OCc1cn(C[C@H]2O[C@@H](n3cc(C)c(=O)[nH]c3=O)CC2OC(=O)CCC(=O)NC)nn1. The van der Waals surface area contributed by atoms with Gasteiger partial charge in [0.1, 0.15) is 36.2 Å². The molecule has 2 saturated heterocycles. The van der Waals surface area contributed by atoms with Crippen LogP contribution in [-0.2, 0) is 41.7 Å². The van der Waals surface area contributed by atoms with Gasteiger partial charge in [0, 0.05) is 55.4 Å². The van der Waals surface area contributed by atoms with Gasteiger partial charge in [-0.3, -0.25) is 33.3 Å². The van der Waals surface area contributed by atoms with Crippen LogP contribution in [-0.4, -0.2) is 83.3 Å². The van der Waals surface area contributed by atoms with Crippen molar-refractivity contribution in [3.63, 3.8) is 0 Å². The van der Waals surface area contributed by atoms with Crippen LogP contribution in [0.25, 0.3) is 0 Å². The first kappa shape index (κ1) is 38.9. The van der Waals surface area contributed by atoms with Gasteiger partial charge in [-0.15, -0.1) is 5.10 Å². The molecule has 0 aliphatic carbocycles. The third-order valence-corrected chi connectivity index (χ3v) is 9.45. The van der Waals surface area contributed by atoms with Crippen LogP contribution in [0, 0.1) is 13.8 Å². The molecule has 55 heavy (non-hydrogen) atoms. The number of benzene rings is 1. The largest absolute Gasteiger partial charge is 0.459 e. The zero-order chi connectivity index (χ0) is 39.2. The van der Waals surface area contributed by atoms with Crippen molar-refractivity contribution in [2.24, 2.45) is 0 Å². The summed E-state index contributed by atoms with van der Waals surface area (Å²) >= 11 is 0. The van der Waals surface area contributed by atoms with E-state index in [1.807, 2.05) is 6.92 Å². The van der Waals surface area contributed by atoms with Crippen molar-refractivity contribution in [3.05, 3.63) is 103 Å². The number of rotatable bonds is 14. The van der Waals surface area contributed by atoms with Crippen LogP contribution in [0.3, 0.4) is 0 Å². The molecule has 2 unspecified atom stereocenters. The number of carbonyl (C=O) groups is 3. The Labute approximate surface area is 314 Å². The van der Waals surface area contributed by atoms with E-state index < -0.39 is 47.6 Å². The van der Waals surface area contributed by atoms with E-state index in [9.17, 15) is 28.8 Å². The summed E-state index contributed by atoms with van der Waals surface area (Å²) in [6.45, 7) is 5.42. The first-order chi connectivity index (χ1) is 26.4. The first-order valence-corrected chi connectivity index (χ1v) is 17.9. The lowest BCUT2D eigenvalue weighted by Gasteiger charge is -2.18. The molecule has 19 nitrogen and oxygen atoms in total. The molecule has 6 rings (SSSR count). The maximum Gasteiger partial charge on any atom is 0.351 e. The number of ether oxygens (including phenoxy) is 4. The molecule has 292 valence electrons. The summed E-state index contributed by atoms with van der Waals surface area (Å²) < 4.78 is 28.5. The molecule has 1 aromatic carbocycles. The van der Waals surface area contributed by atoms with Gasteiger partial charge in [0.15, 0.2) is 0 Å². The van der Waals surface area contributed by atoms with Crippen LogP contribution in [0.4, 0.5) is 5.82 Å². The number of esters is 1. The van der Waals surface area contributed by atoms with Crippen LogP contribution in [0.15, 0.2) is 63.3 Å². The van der Waals surface area contributed by atoms with Gasteiger partial charge in [-0.2, -0.15) is 4.98 Å². The molecular formula is C36H43N9O10. The van der Waals surface area contributed by atoms with E-state index in [0.29, 0.717) is 35.2 Å². The number of aromatic amines is 1. The minimum Gasteiger partial charge on any atom is -0.459 e. The lowest BCUT2D eigenvalue weighted by molar-refractivity contribution is -0.153. The quantitative estimate of drug-likeness (QED) is 0.154. The second-order valence-corrected chi connectivity index (χ2v) is 13.4. The Morgan fingerprint density at radius 1 is 0.927 bits per heavy atom. The van der Waals surface area contributed by atoms with Gasteiger partial charge >= 0.3 is 17.3 Å². The van der Waals surface area contributed by atoms with E-state index in [1.54, 1.807) is 56.6 Å². The normalized spacial score (nSPS) is 22.0. The summed E-state index contributed by atoms with van der Waals surface area (Å²) in [5, 5.41) is 13.6. The zero-order valence-corrected chi connectivity index (χ0v) is 30.8. The van der Waals surface area contributed by atoms with Crippen LogP contribution < -0.4 is 27.6 Å². The molecule has 19 heteroatoms. The van der Waals surface area contributed by atoms with E-state index in [2.05, 4.69) is 30.9 Å². The minimum absolute atomic E-state index is 0.0535. The Kier molecular flexibility index (Phi) is 12.1. The summed E-state index contributed by atoms with van der Waals surface area (Å²) in [4.78, 5) is 81.1. The summed E-state index contributed by atoms with van der Waals surface area (Å²) in [5.74, 6) is -1.13. The lowest BCUT2D eigenvalue weighted by Crippen LogP contribution is -2.33. The molecule has 0 saturated carbocycles. The van der Waals surface area contributed by atoms with E-state index in [0.717, 1.165) is 0 Å². The molecule has 2 aliphatic heterocycles. The second kappa shape index (κ2) is 17.1. The number of nitrogens with one attached hydrogen (secondary N) is 3. The number of H-pyrrole nitrogens is 1. The molecule has 2 aliphatic rings. The fourth-order valence-corrected chi connectivity index (χ4v) is 6.48. The summed E-state index contributed by atoms with van der Waals surface area (Å²) in [7, 11) is 1.47. The number of aryl methyl sites for hydroxylation is 2. The van der Waals surface area contributed by atoms with Crippen molar-refractivity contribution in [2.45, 2.75) is 103 Å². The van der Waals surface area contributed by atoms with Gasteiger partial charge in [-0.1, -0.05) is 30.3 Å². The van der Waals surface area contributed by atoms with E-state index >= 15 is 0 Å². The number of anilines is 1. The predicted molar refractivity (Wildman–Crippen MR) is 193 cm³/mol. The standard InChI is InChI=1S/C36H43N9O10/c1-5-24-25(13-29(53-24)44-15-20(2)32(39-35(44)50)38-34(49)22-9-7-6-8-10-22)52-19-23-17-43(42-41-23)18-27-26(55-31(47)12-11-28(46)37-4)14-30(54-27)45-16-21(3)33(48)40-36(45)51/h6-10,15-17,24-27,29-30H,5,11-14,18-19H2,1-4H3,(H,37,46)(H,40,48,51)(H,38,39,49,50)/t24-,25?,26?,27-,29-,30-/m1/s1. The van der Waals surface area contributed by atoms with Gasteiger partial charge in [-0.25, -0.2) is 14.3 Å².